The van der Waals surface area contributed by atoms with E-state index in [2.05, 4.69) is 33.9 Å². The molecule has 214 valence electrons. The van der Waals surface area contributed by atoms with Crippen molar-refractivity contribution < 1.29 is 13.2 Å². The van der Waals surface area contributed by atoms with Crippen LogP contribution in [-0.2, 0) is 10.0 Å². The van der Waals surface area contributed by atoms with Gasteiger partial charge < -0.3 is 4.90 Å². The molecule has 41 heavy (non-hydrogen) atoms. The summed E-state index contributed by atoms with van der Waals surface area (Å²) in [5.74, 6) is -0.350. The molecule has 0 spiro atoms. The average Bonchev–Trinajstić information content (AvgIpc) is 2.94. The first kappa shape index (κ1) is 31.2. The van der Waals surface area contributed by atoms with Gasteiger partial charge in [-0.1, -0.05) is 102 Å². The standard InChI is InChI=1S/C30H26Cl3N3O3S.ClH/c31-23-12-7-13-24(18-23)34-40(38,39)28-19-25(26(32)20-27(28)33)30(37)36-16-14-35(15-17-36)29(21-8-3-1-4-9-21)22-10-5-2-6-11-22;/h1-13,18-20,29,34H,14-17H2;1H. The van der Waals surface area contributed by atoms with Crippen molar-refractivity contribution in [3.05, 3.63) is 129 Å². The zero-order chi connectivity index (χ0) is 28.3. The van der Waals surface area contributed by atoms with Crippen molar-refractivity contribution >= 4 is 68.8 Å². The summed E-state index contributed by atoms with van der Waals surface area (Å²) < 4.78 is 28.8. The van der Waals surface area contributed by atoms with Gasteiger partial charge in [-0.15, -0.1) is 12.4 Å². The minimum Gasteiger partial charge on any atom is -0.336 e. The third-order valence-electron chi connectivity index (χ3n) is 6.82. The lowest BCUT2D eigenvalue weighted by atomic mass is 9.96. The molecule has 0 bridgehead atoms. The van der Waals surface area contributed by atoms with Crippen LogP contribution in [0.3, 0.4) is 0 Å². The first-order valence-corrected chi connectivity index (χ1v) is 15.3. The molecule has 4 aromatic rings. The van der Waals surface area contributed by atoms with E-state index in [0.29, 0.717) is 31.2 Å². The fourth-order valence-corrected chi connectivity index (χ4v) is 6.99. The molecule has 0 aliphatic carbocycles. The predicted molar refractivity (Wildman–Crippen MR) is 168 cm³/mol. The molecule has 1 amide bonds. The minimum atomic E-state index is -4.12. The molecule has 6 nitrogen and oxygen atoms in total. The molecule has 11 heteroatoms. The van der Waals surface area contributed by atoms with Gasteiger partial charge in [0.1, 0.15) is 4.90 Å². The smallest absolute Gasteiger partial charge is 0.263 e. The van der Waals surface area contributed by atoms with Crippen LogP contribution in [0.4, 0.5) is 5.69 Å². The number of anilines is 1. The zero-order valence-corrected chi connectivity index (χ0v) is 25.6. The van der Waals surface area contributed by atoms with Crippen LogP contribution in [0.1, 0.15) is 27.5 Å². The van der Waals surface area contributed by atoms with Gasteiger partial charge in [-0.3, -0.25) is 14.4 Å². The topological polar surface area (TPSA) is 69.7 Å². The fourth-order valence-electron chi connectivity index (χ4n) is 4.90. The van der Waals surface area contributed by atoms with Crippen molar-refractivity contribution in [2.75, 3.05) is 30.9 Å². The first-order chi connectivity index (χ1) is 19.2. The van der Waals surface area contributed by atoms with Crippen molar-refractivity contribution in [2.24, 2.45) is 0 Å². The molecular formula is C30H27Cl4N3O3S. The molecule has 1 fully saturated rings. The number of nitrogens with zero attached hydrogens (tertiary/aromatic N) is 2. The molecule has 1 N–H and O–H groups in total. The van der Waals surface area contributed by atoms with Gasteiger partial charge in [0, 0.05) is 31.2 Å². The third kappa shape index (κ3) is 7.17. The van der Waals surface area contributed by atoms with E-state index in [1.807, 2.05) is 36.4 Å². The van der Waals surface area contributed by atoms with Gasteiger partial charge in [0.25, 0.3) is 15.9 Å². The number of rotatable bonds is 7. The normalized spacial score (nSPS) is 14.0. The number of halogens is 4. The lowest BCUT2D eigenvalue weighted by molar-refractivity contribution is 0.0597. The van der Waals surface area contributed by atoms with Gasteiger partial charge >= 0.3 is 0 Å². The van der Waals surface area contributed by atoms with Crippen LogP contribution in [0.25, 0.3) is 0 Å². The number of amides is 1. The van der Waals surface area contributed by atoms with E-state index in [-0.39, 0.29) is 50.5 Å². The van der Waals surface area contributed by atoms with E-state index in [9.17, 15) is 13.2 Å². The average molecular weight is 651 g/mol. The summed E-state index contributed by atoms with van der Waals surface area (Å²) >= 11 is 18.7. The Kier molecular flexibility index (Phi) is 10.2. The number of piperazine rings is 1. The number of carbonyl (C=O) groups is 1. The number of sulfonamides is 1. The molecule has 1 aliphatic heterocycles. The quantitative estimate of drug-likeness (QED) is 0.226. The number of benzene rings is 4. The maximum absolute atomic E-state index is 13.6. The van der Waals surface area contributed by atoms with Crippen molar-refractivity contribution in [3.8, 4) is 0 Å². The monoisotopic (exact) mass is 649 g/mol. The summed E-state index contributed by atoms with van der Waals surface area (Å²) in [7, 11) is -4.12. The SMILES string of the molecule is Cl.O=C(c1cc(S(=O)(=O)Nc2cccc(Cl)c2)c(Cl)cc1Cl)N1CCN(C(c2ccccc2)c2ccccc2)CC1. The van der Waals surface area contributed by atoms with Crippen LogP contribution in [-0.4, -0.2) is 50.3 Å². The van der Waals surface area contributed by atoms with Gasteiger partial charge in [0.2, 0.25) is 0 Å². The summed E-state index contributed by atoms with van der Waals surface area (Å²) in [6.45, 7) is 2.17. The molecule has 1 saturated heterocycles. The summed E-state index contributed by atoms with van der Waals surface area (Å²) in [6, 6.07) is 29.4. The maximum atomic E-state index is 13.6. The maximum Gasteiger partial charge on any atom is 0.263 e. The van der Waals surface area contributed by atoms with Gasteiger partial charge in [-0.25, -0.2) is 8.42 Å². The molecule has 4 aromatic carbocycles. The molecule has 0 radical (unpaired) electrons. The highest BCUT2D eigenvalue weighted by Crippen LogP contribution is 2.33. The minimum absolute atomic E-state index is 0. The van der Waals surface area contributed by atoms with E-state index in [4.69, 9.17) is 34.8 Å². The van der Waals surface area contributed by atoms with Crippen LogP contribution < -0.4 is 4.72 Å². The van der Waals surface area contributed by atoms with Gasteiger partial charge in [-0.2, -0.15) is 0 Å². The molecule has 0 aromatic heterocycles. The Balaban J connectivity index is 0.00000387. The molecule has 0 atom stereocenters. The number of hydrogen-bond acceptors (Lipinski definition) is 4. The van der Waals surface area contributed by atoms with E-state index in [1.54, 1.807) is 23.1 Å². The van der Waals surface area contributed by atoms with Gasteiger partial charge in [0.15, 0.2) is 0 Å². The molecule has 1 aliphatic rings. The van der Waals surface area contributed by atoms with Crippen LogP contribution in [0.5, 0.6) is 0 Å². The second-order valence-corrected chi connectivity index (χ2v) is 12.3. The highest BCUT2D eigenvalue weighted by molar-refractivity contribution is 7.92. The molecular weight excluding hydrogens is 624 g/mol. The molecule has 1 heterocycles. The Labute approximate surface area is 261 Å². The largest absolute Gasteiger partial charge is 0.336 e. The Hall–Kier alpha value is -2.78. The lowest BCUT2D eigenvalue weighted by Gasteiger charge is -2.40. The number of hydrogen-bond donors (Lipinski definition) is 1. The van der Waals surface area contributed by atoms with Crippen LogP contribution in [0.2, 0.25) is 15.1 Å². The summed E-state index contributed by atoms with van der Waals surface area (Å²) in [5.41, 5.74) is 2.70. The van der Waals surface area contributed by atoms with E-state index < -0.39 is 10.0 Å². The van der Waals surface area contributed by atoms with Crippen molar-refractivity contribution in [3.63, 3.8) is 0 Å². The van der Waals surface area contributed by atoms with Crippen LogP contribution in [0, 0.1) is 0 Å². The second kappa shape index (κ2) is 13.5. The summed E-state index contributed by atoms with van der Waals surface area (Å²) in [4.78, 5) is 17.4. The Morgan fingerprint density at radius 3 is 1.88 bits per heavy atom. The van der Waals surface area contributed by atoms with Gasteiger partial charge in [0.05, 0.1) is 27.3 Å². The van der Waals surface area contributed by atoms with Crippen molar-refractivity contribution in [1.82, 2.24) is 9.80 Å². The lowest BCUT2D eigenvalue weighted by Crippen LogP contribution is -2.50. The Bertz CT molecular complexity index is 1580. The predicted octanol–water partition coefficient (Wildman–Crippen LogP) is 7.42. The van der Waals surface area contributed by atoms with E-state index in [0.717, 1.165) is 0 Å². The van der Waals surface area contributed by atoms with Crippen molar-refractivity contribution in [2.45, 2.75) is 10.9 Å². The Morgan fingerprint density at radius 2 is 1.32 bits per heavy atom. The highest BCUT2D eigenvalue weighted by Gasteiger charge is 2.30. The van der Waals surface area contributed by atoms with E-state index >= 15 is 0 Å². The Morgan fingerprint density at radius 1 is 0.732 bits per heavy atom. The highest BCUT2D eigenvalue weighted by atomic mass is 35.5. The fraction of sp³-hybridized carbons (Fsp3) is 0.167. The molecule has 0 saturated carbocycles. The van der Waals surface area contributed by atoms with Crippen LogP contribution >= 0.6 is 47.2 Å². The number of nitrogens with one attached hydrogen (secondary N) is 1. The van der Waals surface area contributed by atoms with Crippen molar-refractivity contribution in [1.29, 1.82) is 0 Å². The van der Waals surface area contributed by atoms with Crippen LogP contribution in [0.15, 0.2) is 102 Å². The molecule has 5 rings (SSSR count). The summed E-state index contributed by atoms with van der Waals surface area (Å²) in [6.07, 6.45) is 0. The molecule has 0 unspecified atom stereocenters. The third-order valence-corrected chi connectivity index (χ3v) is 9.21. The van der Waals surface area contributed by atoms with Gasteiger partial charge in [-0.05, 0) is 41.5 Å². The second-order valence-electron chi connectivity index (χ2n) is 9.43. The van der Waals surface area contributed by atoms with E-state index in [1.165, 1.54) is 29.3 Å². The summed E-state index contributed by atoms with van der Waals surface area (Å²) in [5, 5.41) is 0.374. The first-order valence-electron chi connectivity index (χ1n) is 12.6. The zero-order valence-electron chi connectivity index (χ0n) is 21.7. The number of carbonyl (C=O) groups excluding carboxylic acids is 1.